The fraction of sp³-hybridized carbons (Fsp3) is 0.462. The Morgan fingerprint density at radius 1 is 0.750 bits per heavy atom. The van der Waals surface area contributed by atoms with Crippen molar-refractivity contribution >= 4 is 31.8 Å². The second-order valence-corrected chi connectivity index (χ2v) is 16.7. The molecule has 0 bridgehead atoms. The molecule has 1 heterocycles. The van der Waals surface area contributed by atoms with E-state index in [2.05, 4.69) is 30.8 Å². The monoisotopic (exact) mass is 799 g/mol. The smallest absolute Gasteiger partial charge is 0.465 e. The maximum Gasteiger partial charge on any atom is 0.471 e. The number of carbonyl (C=O) groups excluding carboxylic acids is 3. The molecule has 5 atom stereocenters. The molecular formula is C39H54N5O11P. The molecule has 0 aliphatic heterocycles. The van der Waals surface area contributed by atoms with Gasteiger partial charge in [0, 0.05) is 17.8 Å². The Morgan fingerprint density at radius 2 is 1.32 bits per heavy atom. The quantitative estimate of drug-likeness (QED) is 0.0679. The molecule has 2 aromatic carbocycles. The van der Waals surface area contributed by atoms with Gasteiger partial charge >= 0.3 is 20.0 Å². The van der Waals surface area contributed by atoms with Crippen LogP contribution in [0.25, 0.3) is 11.3 Å². The second-order valence-electron chi connectivity index (χ2n) is 15.5. The number of aromatic nitrogens is 1. The van der Waals surface area contributed by atoms with Crippen molar-refractivity contribution in [2.45, 2.75) is 91.1 Å². The molecular weight excluding hydrogens is 745 g/mol. The van der Waals surface area contributed by atoms with Gasteiger partial charge in [-0.05, 0) is 53.4 Å². The molecule has 0 saturated heterocycles. The largest absolute Gasteiger partial charge is 0.471 e. The maximum atomic E-state index is 14.1. The van der Waals surface area contributed by atoms with Gasteiger partial charge in [0.25, 0.3) is 0 Å². The van der Waals surface area contributed by atoms with Crippen molar-refractivity contribution in [2.24, 2.45) is 10.8 Å². The van der Waals surface area contributed by atoms with Crippen LogP contribution in [-0.2, 0) is 41.0 Å². The van der Waals surface area contributed by atoms with Gasteiger partial charge in [-0.15, -0.1) is 0 Å². The number of alkyl carbamates (subject to hydrolysis) is 1. The van der Waals surface area contributed by atoms with Crippen LogP contribution in [0.2, 0.25) is 0 Å². The second kappa shape index (κ2) is 20.3. The summed E-state index contributed by atoms with van der Waals surface area (Å²) in [5.41, 5.74) is 1.51. The molecule has 17 heteroatoms. The number of phosphoric ester groups is 1. The third-order valence-corrected chi connectivity index (χ3v) is 9.25. The van der Waals surface area contributed by atoms with Crippen LogP contribution >= 0.6 is 7.82 Å². The van der Waals surface area contributed by atoms with Crippen molar-refractivity contribution in [2.75, 3.05) is 13.9 Å². The Hall–Kier alpha value is -4.86. The van der Waals surface area contributed by atoms with E-state index in [1.54, 1.807) is 59.9 Å². The summed E-state index contributed by atoms with van der Waals surface area (Å²) in [5, 5.41) is 20.4. The number of amides is 4. The molecule has 306 valence electrons. The summed E-state index contributed by atoms with van der Waals surface area (Å²) in [6, 6.07) is 18.1. The fourth-order valence-electron chi connectivity index (χ4n) is 5.98. The van der Waals surface area contributed by atoms with Gasteiger partial charge in [-0.1, -0.05) is 102 Å². The lowest BCUT2D eigenvalue weighted by Crippen LogP contribution is -2.59. The van der Waals surface area contributed by atoms with E-state index in [0.717, 1.165) is 22.4 Å². The third kappa shape index (κ3) is 15.3. The molecule has 1 aromatic heterocycles. The highest BCUT2D eigenvalue weighted by Crippen LogP contribution is 2.36. The third-order valence-electron chi connectivity index (χ3n) is 8.81. The average Bonchev–Trinajstić information content (AvgIpc) is 3.11. The van der Waals surface area contributed by atoms with Crippen LogP contribution in [0.4, 0.5) is 9.59 Å². The summed E-state index contributed by atoms with van der Waals surface area (Å²) in [4.78, 5) is 75.5. The fourth-order valence-corrected chi connectivity index (χ4v) is 6.18. The molecule has 56 heavy (non-hydrogen) atoms. The minimum absolute atomic E-state index is 0.0579. The predicted molar refractivity (Wildman–Crippen MR) is 208 cm³/mol. The van der Waals surface area contributed by atoms with Crippen molar-refractivity contribution in [3.63, 3.8) is 0 Å². The van der Waals surface area contributed by atoms with Crippen LogP contribution in [0.1, 0.15) is 59.1 Å². The number of hydrogen-bond donors (Lipinski definition) is 7. The minimum Gasteiger partial charge on any atom is -0.465 e. The highest BCUT2D eigenvalue weighted by Gasteiger charge is 2.38. The molecule has 0 unspecified atom stereocenters. The van der Waals surface area contributed by atoms with Gasteiger partial charge in [0.2, 0.25) is 11.8 Å². The zero-order valence-corrected chi connectivity index (χ0v) is 33.6. The first-order chi connectivity index (χ1) is 26.2. The Balaban J connectivity index is 2.11. The van der Waals surface area contributed by atoms with Gasteiger partial charge in [-0.25, -0.2) is 14.2 Å². The lowest BCUT2D eigenvalue weighted by Gasteiger charge is -2.36. The molecule has 0 fully saturated rings. The number of nitrogens with zero attached hydrogens (tertiary/aromatic N) is 1. The molecule has 3 aromatic rings. The first kappa shape index (κ1) is 45.5. The van der Waals surface area contributed by atoms with E-state index >= 15 is 0 Å². The highest BCUT2D eigenvalue weighted by atomic mass is 31.2. The van der Waals surface area contributed by atoms with Gasteiger partial charge < -0.3 is 45.6 Å². The van der Waals surface area contributed by atoms with E-state index in [9.17, 15) is 38.6 Å². The van der Waals surface area contributed by atoms with E-state index in [1.807, 2.05) is 60.7 Å². The standard InChI is InChI=1S/C39H54N5O11P/c1-38(2,3)32(43-36(47)48)35(46)42-30(22-25-13-9-8-10-14-25)31(54-24-55-56(50,51)52)23-28(41-34(45)33(39(4,5)6)44-37(49)53-7)21-26-16-18-27(19-17-26)29-15-11-12-20-40-29/h8-20,28,30-33,43H,21-24H2,1-7H3,(H,41,45)(H,42,46)(H,44,49)(H,47,48)(H2,50,51,52)/t28-,30-,31-,32+,33+/m0/s1. The molecule has 0 aliphatic carbocycles. The number of carboxylic acid groups (broad SMARTS) is 1. The summed E-state index contributed by atoms with van der Waals surface area (Å²) in [6.07, 6.45) is -1.36. The lowest BCUT2D eigenvalue weighted by molar-refractivity contribution is -0.130. The first-order valence-electron chi connectivity index (χ1n) is 18.0. The number of phosphoric acid groups is 1. The van der Waals surface area contributed by atoms with Gasteiger partial charge in [0.1, 0.15) is 12.1 Å². The highest BCUT2D eigenvalue weighted by molar-refractivity contribution is 7.46. The van der Waals surface area contributed by atoms with Crippen LogP contribution in [0, 0.1) is 10.8 Å². The summed E-state index contributed by atoms with van der Waals surface area (Å²) < 4.78 is 27.2. The van der Waals surface area contributed by atoms with Crippen LogP contribution < -0.4 is 21.3 Å². The SMILES string of the molecule is COC(=O)N[C@H](C(=O)N[C@@H](Cc1ccc(-c2ccccn2)cc1)C[C@H](OCOP(=O)(O)O)[C@H](Cc1ccccc1)NC(=O)[C@@H](NC(=O)O)C(C)(C)C)C(C)(C)C. The van der Waals surface area contributed by atoms with E-state index in [-0.39, 0.29) is 19.3 Å². The van der Waals surface area contributed by atoms with Crippen molar-refractivity contribution in [1.29, 1.82) is 0 Å². The van der Waals surface area contributed by atoms with Crippen molar-refractivity contribution in [3.05, 3.63) is 90.1 Å². The average molecular weight is 800 g/mol. The maximum absolute atomic E-state index is 14.1. The summed E-state index contributed by atoms with van der Waals surface area (Å²) in [6.45, 7) is 9.50. The van der Waals surface area contributed by atoms with E-state index in [0.29, 0.717) is 0 Å². The van der Waals surface area contributed by atoms with E-state index in [4.69, 9.17) is 9.47 Å². The van der Waals surface area contributed by atoms with Crippen molar-refractivity contribution in [3.8, 4) is 11.3 Å². The molecule has 0 saturated carbocycles. The van der Waals surface area contributed by atoms with Crippen molar-refractivity contribution in [1.82, 2.24) is 26.3 Å². The number of pyridine rings is 1. The topological polar surface area (TPSA) is 235 Å². The summed E-state index contributed by atoms with van der Waals surface area (Å²) in [5.74, 6) is -1.23. The lowest BCUT2D eigenvalue weighted by atomic mass is 9.85. The van der Waals surface area contributed by atoms with E-state index < -0.39 is 79.7 Å². The van der Waals surface area contributed by atoms with Gasteiger partial charge in [-0.2, -0.15) is 0 Å². The molecule has 16 nitrogen and oxygen atoms in total. The molecule has 4 amide bonds. The van der Waals surface area contributed by atoms with Crippen LogP contribution in [-0.4, -0.2) is 88.1 Å². The number of nitrogens with one attached hydrogen (secondary N) is 4. The van der Waals surface area contributed by atoms with Gasteiger partial charge in [0.15, 0.2) is 6.79 Å². The number of methoxy groups -OCH3 is 1. The normalized spacial score (nSPS) is 14.7. The molecule has 7 N–H and O–H groups in total. The van der Waals surface area contributed by atoms with Gasteiger partial charge in [-0.3, -0.25) is 19.1 Å². The predicted octanol–water partition coefficient (Wildman–Crippen LogP) is 4.80. The Labute approximate surface area is 327 Å². The first-order valence-corrected chi connectivity index (χ1v) is 19.5. The number of hydrogen-bond acceptors (Lipinski definition) is 9. The molecule has 3 rings (SSSR count). The van der Waals surface area contributed by atoms with Crippen LogP contribution in [0.5, 0.6) is 0 Å². The van der Waals surface area contributed by atoms with Crippen LogP contribution in [0.15, 0.2) is 79.0 Å². The summed E-state index contributed by atoms with van der Waals surface area (Å²) >= 11 is 0. The number of carbonyl (C=O) groups is 4. The zero-order valence-electron chi connectivity index (χ0n) is 32.7. The number of ether oxygens (including phenoxy) is 2. The molecule has 0 spiro atoms. The Morgan fingerprint density at radius 3 is 1.86 bits per heavy atom. The zero-order chi connectivity index (χ0) is 41.7. The molecule has 0 radical (unpaired) electrons. The Bertz CT molecular complexity index is 1780. The number of benzene rings is 2. The van der Waals surface area contributed by atoms with Crippen LogP contribution in [0.3, 0.4) is 0 Å². The van der Waals surface area contributed by atoms with Gasteiger partial charge in [0.05, 0.1) is 24.9 Å². The van der Waals surface area contributed by atoms with Crippen molar-refractivity contribution < 1.29 is 52.6 Å². The molecule has 0 aliphatic rings. The van der Waals surface area contributed by atoms with E-state index in [1.165, 1.54) is 7.11 Å². The number of rotatable bonds is 18. The summed E-state index contributed by atoms with van der Waals surface area (Å²) in [7, 11) is -3.82. The Kier molecular flexibility index (Phi) is 16.5. The minimum atomic E-state index is -5.00.